The molecular formula is C19H25N5O3. The van der Waals surface area contributed by atoms with Gasteiger partial charge in [0, 0.05) is 44.5 Å². The van der Waals surface area contributed by atoms with Crippen molar-refractivity contribution in [3.8, 4) is 0 Å². The molecular weight excluding hydrogens is 346 g/mol. The molecule has 144 valence electrons. The van der Waals surface area contributed by atoms with Crippen LogP contribution in [0.5, 0.6) is 0 Å². The molecule has 1 aliphatic rings. The number of aryl methyl sites for hydroxylation is 1. The summed E-state index contributed by atoms with van der Waals surface area (Å²) in [6.07, 6.45) is 1.63. The van der Waals surface area contributed by atoms with Gasteiger partial charge in [0.15, 0.2) is 0 Å². The van der Waals surface area contributed by atoms with Gasteiger partial charge in [0.1, 0.15) is 0 Å². The van der Waals surface area contributed by atoms with Crippen LogP contribution in [0.3, 0.4) is 0 Å². The Morgan fingerprint density at radius 3 is 2.63 bits per heavy atom. The van der Waals surface area contributed by atoms with Gasteiger partial charge in [-0.2, -0.15) is 5.10 Å². The molecule has 27 heavy (non-hydrogen) atoms. The Balaban J connectivity index is 1.53. The molecule has 0 atom stereocenters. The molecule has 1 fully saturated rings. The van der Waals surface area contributed by atoms with Crippen LogP contribution in [0.2, 0.25) is 0 Å². The summed E-state index contributed by atoms with van der Waals surface area (Å²) in [5.74, 6) is 0.0886. The molecule has 2 amide bonds. The van der Waals surface area contributed by atoms with Crippen molar-refractivity contribution in [1.29, 1.82) is 0 Å². The first-order valence-corrected chi connectivity index (χ1v) is 9.30. The van der Waals surface area contributed by atoms with Gasteiger partial charge in [-0.1, -0.05) is 12.1 Å². The molecule has 0 aliphatic carbocycles. The van der Waals surface area contributed by atoms with Gasteiger partial charge in [-0.05, 0) is 19.1 Å². The van der Waals surface area contributed by atoms with Crippen LogP contribution < -0.4 is 10.7 Å². The fourth-order valence-electron chi connectivity index (χ4n) is 3.31. The molecule has 2 heterocycles. The summed E-state index contributed by atoms with van der Waals surface area (Å²) in [5.41, 5.74) is 0.626. The summed E-state index contributed by atoms with van der Waals surface area (Å²) in [7, 11) is 0. The summed E-state index contributed by atoms with van der Waals surface area (Å²) < 4.78 is 1.71. The molecule has 2 aromatic rings. The van der Waals surface area contributed by atoms with Crippen molar-refractivity contribution in [1.82, 2.24) is 24.9 Å². The minimum atomic E-state index is -0.114. The standard InChI is InChI=1S/C19H25N5O3/c1-2-20-18(26)14-22-9-11-23(12-10-22)19(27)7-8-24-16-6-4-3-5-15(16)17(25)13-21-24/h3-6,13H,2,7-12,14H2,1H3,(H,20,26). The van der Waals surface area contributed by atoms with Crippen molar-refractivity contribution in [2.45, 2.75) is 19.9 Å². The normalized spacial score (nSPS) is 15.1. The van der Waals surface area contributed by atoms with Gasteiger partial charge in [-0.3, -0.25) is 24.0 Å². The van der Waals surface area contributed by atoms with E-state index in [0.717, 1.165) is 5.52 Å². The first kappa shape index (κ1) is 19.0. The van der Waals surface area contributed by atoms with Gasteiger partial charge in [-0.25, -0.2) is 0 Å². The van der Waals surface area contributed by atoms with E-state index in [0.29, 0.717) is 57.6 Å². The summed E-state index contributed by atoms with van der Waals surface area (Å²) in [4.78, 5) is 40.0. The van der Waals surface area contributed by atoms with Crippen LogP contribution in [0.1, 0.15) is 13.3 Å². The lowest BCUT2D eigenvalue weighted by atomic mass is 10.2. The van der Waals surface area contributed by atoms with Crippen molar-refractivity contribution >= 4 is 22.7 Å². The number of fused-ring (bicyclic) bond motifs is 1. The maximum absolute atomic E-state index is 12.5. The zero-order valence-corrected chi connectivity index (χ0v) is 15.6. The second-order valence-electron chi connectivity index (χ2n) is 6.61. The number of carbonyl (C=O) groups excluding carboxylic acids is 2. The Labute approximate surface area is 157 Å². The first-order valence-electron chi connectivity index (χ1n) is 9.30. The lowest BCUT2D eigenvalue weighted by Crippen LogP contribution is -2.51. The molecule has 3 rings (SSSR count). The number of nitrogens with one attached hydrogen (secondary N) is 1. The molecule has 1 aliphatic heterocycles. The van der Waals surface area contributed by atoms with Gasteiger partial charge >= 0.3 is 0 Å². The maximum atomic E-state index is 12.5. The number of nitrogens with zero attached hydrogens (tertiary/aromatic N) is 4. The van der Waals surface area contributed by atoms with Crippen LogP contribution in [0.25, 0.3) is 10.9 Å². The Kier molecular flexibility index (Phi) is 6.18. The van der Waals surface area contributed by atoms with Crippen molar-refractivity contribution < 1.29 is 9.59 Å². The highest BCUT2D eigenvalue weighted by Gasteiger charge is 2.22. The second-order valence-corrected chi connectivity index (χ2v) is 6.61. The summed E-state index contributed by atoms with van der Waals surface area (Å²) in [5, 5.41) is 7.57. The molecule has 1 saturated heterocycles. The Morgan fingerprint density at radius 2 is 1.89 bits per heavy atom. The maximum Gasteiger partial charge on any atom is 0.234 e. The third-order valence-electron chi connectivity index (χ3n) is 4.77. The van der Waals surface area contributed by atoms with E-state index >= 15 is 0 Å². The van der Waals surface area contributed by atoms with Crippen molar-refractivity contribution in [3.63, 3.8) is 0 Å². The molecule has 8 heteroatoms. The smallest absolute Gasteiger partial charge is 0.234 e. The fraction of sp³-hybridized carbons (Fsp3) is 0.474. The number of carbonyl (C=O) groups is 2. The average molecular weight is 371 g/mol. The van der Waals surface area contributed by atoms with Crippen LogP contribution in [-0.2, 0) is 16.1 Å². The number of benzene rings is 1. The van der Waals surface area contributed by atoms with Crippen LogP contribution in [0.4, 0.5) is 0 Å². The van der Waals surface area contributed by atoms with Gasteiger partial charge in [0.05, 0.1) is 24.8 Å². The van der Waals surface area contributed by atoms with E-state index in [1.807, 2.05) is 30.0 Å². The lowest BCUT2D eigenvalue weighted by molar-refractivity contribution is -0.133. The first-order chi connectivity index (χ1) is 13.1. The predicted octanol–water partition coefficient (Wildman–Crippen LogP) is 0.0669. The van der Waals surface area contributed by atoms with Gasteiger partial charge in [-0.15, -0.1) is 0 Å². The molecule has 1 N–H and O–H groups in total. The van der Waals surface area contributed by atoms with Crippen molar-refractivity contribution in [3.05, 3.63) is 40.7 Å². The number of amides is 2. The van der Waals surface area contributed by atoms with Crippen LogP contribution >= 0.6 is 0 Å². The van der Waals surface area contributed by atoms with Crippen LogP contribution in [-0.4, -0.2) is 70.7 Å². The molecule has 0 radical (unpaired) electrons. The highest BCUT2D eigenvalue weighted by atomic mass is 16.2. The average Bonchev–Trinajstić information content (AvgIpc) is 2.68. The summed E-state index contributed by atoms with van der Waals surface area (Å²) >= 11 is 0. The van der Waals surface area contributed by atoms with Crippen molar-refractivity contribution in [2.75, 3.05) is 39.3 Å². The Bertz CT molecular complexity index is 871. The number of hydrogen-bond donors (Lipinski definition) is 1. The zero-order valence-electron chi connectivity index (χ0n) is 15.6. The van der Waals surface area contributed by atoms with E-state index in [4.69, 9.17) is 0 Å². The highest BCUT2D eigenvalue weighted by molar-refractivity contribution is 5.79. The number of rotatable bonds is 6. The SMILES string of the molecule is CCNC(=O)CN1CCN(C(=O)CCn2ncc(=O)c3ccccc32)CC1. The molecule has 8 nitrogen and oxygen atoms in total. The van der Waals surface area contributed by atoms with E-state index in [1.165, 1.54) is 6.20 Å². The summed E-state index contributed by atoms with van der Waals surface area (Å²) in [6.45, 7) is 5.97. The zero-order chi connectivity index (χ0) is 19.2. The number of para-hydroxylation sites is 1. The van der Waals surface area contributed by atoms with E-state index in [9.17, 15) is 14.4 Å². The number of aromatic nitrogens is 2. The summed E-state index contributed by atoms with van der Waals surface area (Å²) in [6, 6.07) is 7.29. The quantitative estimate of drug-likeness (QED) is 0.776. The molecule has 0 saturated carbocycles. The number of piperazine rings is 1. The Morgan fingerprint density at radius 1 is 1.15 bits per heavy atom. The third-order valence-corrected chi connectivity index (χ3v) is 4.77. The monoisotopic (exact) mass is 371 g/mol. The predicted molar refractivity (Wildman–Crippen MR) is 102 cm³/mol. The van der Waals surface area contributed by atoms with E-state index in [1.54, 1.807) is 10.7 Å². The fourth-order valence-corrected chi connectivity index (χ4v) is 3.31. The van der Waals surface area contributed by atoms with Crippen LogP contribution in [0, 0.1) is 0 Å². The van der Waals surface area contributed by atoms with E-state index < -0.39 is 0 Å². The third kappa shape index (κ3) is 4.71. The molecule has 0 spiro atoms. The topological polar surface area (TPSA) is 87.5 Å². The van der Waals surface area contributed by atoms with Gasteiger partial charge < -0.3 is 10.2 Å². The largest absolute Gasteiger partial charge is 0.355 e. The van der Waals surface area contributed by atoms with E-state index in [-0.39, 0.29) is 17.2 Å². The molecule has 1 aromatic carbocycles. The van der Waals surface area contributed by atoms with Gasteiger partial charge in [0.2, 0.25) is 17.2 Å². The van der Waals surface area contributed by atoms with Crippen LogP contribution in [0.15, 0.2) is 35.3 Å². The second kappa shape index (κ2) is 8.77. The molecule has 0 bridgehead atoms. The minimum Gasteiger partial charge on any atom is -0.355 e. The number of hydrogen-bond acceptors (Lipinski definition) is 5. The molecule has 1 aromatic heterocycles. The number of likely N-dealkylation sites (N-methyl/N-ethyl adjacent to an activating group) is 1. The minimum absolute atomic E-state index is 0.0217. The van der Waals surface area contributed by atoms with E-state index in [2.05, 4.69) is 15.3 Å². The molecule has 0 unspecified atom stereocenters. The Hall–Kier alpha value is -2.74. The highest BCUT2D eigenvalue weighted by Crippen LogP contribution is 2.10. The lowest BCUT2D eigenvalue weighted by Gasteiger charge is -2.34. The van der Waals surface area contributed by atoms with Crippen molar-refractivity contribution in [2.24, 2.45) is 0 Å². The van der Waals surface area contributed by atoms with Gasteiger partial charge in [0.25, 0.3) is 0 Å².